The van der Waals surface area contributed by atoms with E-state index in [-0.39, 0.29) is 5.56 Å². The topological polar surface area (TPSA) is 56.3 Å². The van der Waals surface area contributed by atoms with Gasteiger partial charge in [0.15, 0.2) is 5.75 Å². The number of alkyl halides is 3. The van der Waals surface area contributed by atoms with Gasteiger partial charge >= 0.3 is 15.6 Å². The monoisotopic (exact) mass is 241 g/mol. The molecule has 1 aromatic rings. The summed E-state index contributed by atoms with van der Waals surface area (Å²) in [5.74, 6) is -0.435. The van der Waals surface area contributed by atoms with Gasteiger partial charge < -0.3 is 4.18 Å². The van der Waals surface area contributed by atoms with Gasteiger partial charge in [-0.2, -0.15) is 21.6 Å². The molecule has 0 aromatic carbocycles. The number of aromatic nitrogens is 1. The summed E-state index contributed by atoms with van der Waals surface area (Å²) in [7, 11) is -5.61. The zero-order valence-electron chi connectivity index (χ0n) is 7.45. The van der Waals surface area contributed by atoms with Crippen LogP contribution in [0.1, 0.15) is 5.56 Å². The predicted octanol–water partition coefficient (Wildman–Crippen LogP) is 1.62. The van der Waals surface area contributed by atoms with Gasteiger partial charge in [-0.3, -0.25) is 4.98 Å². The number of halogens is 3. The number of hydrogen-bond donors (Lipinski definition) is 0. The van der Waals surface area contributed by atoms with Crippen molar-refractivity contribution in [2.24, 2.45) is 0 Å². The molecule has 0 aliphatic rings. The first kappa shape index (κ1) is 11.8. The van der Waals surface area contributed by atoms with Crippen molar-refractivity contribution in [2.45, 2.75) is 12.4 Å². The molecule has 0 unspecified atom stereocenters. The minimum atomic E-state index is -5.61. The van der Waals surface area contributed by atoms with Gasteiger partial charge in [0.05, 0.1) is 6.20 Å². The minimum Gasteiger partial charge on any atom is -0.374 e. The summed E-state index contributed by atoms with van der Waals surface area (Å²) in [6.07, 6.45) is 2.21. The molecule has 1 rings (SSSR count). The normalized spacial score (nSPS) is 12.5. The molecule has 1 heterocycles. The minimum absolute atomic E-state index is 0.248. The Morgan fingerprint density at radius 2 is 2.00 bits per heavy atom. The second-order valence-corrected chi connectivity index (χ2v) is 4.16. The highest BCUT2D eigenvalue weighted by Crippen LogP contribution is 2.27. The quantitative estimate of drug-likeness (QED) is 0.583. The largest absolute Gasteiger partial charge is 0.534 e. The van der Waals surface area contributed by atoms with Crippen molar-refractivity contribution in [1.82, 2.24) is 4.98 Å². The summed E-state index contributed by atoms with van der Waals surface area (Å²) in [6, 6.07) is 1.33. The van der Waals surface area contributed by atoms with Gasteiger partial charge in [0.2, 0.25) is 0 Å². The number of hydrogen-bond acceptors (Lipinski definition) is 4. The Balaban J connectivity index is 3.03. The molecule has 0 atom stereocenters. The van der Waals surface area contributed by atoms with Crippen LogP contribution in [-0.4, -0.2) is 18.9 Å². The zero-order valence-corrected chi connectivity index (χ0v) is 8.26. The highest BCUT2D eigenvalue weighted by atomic mass is 32.2. The van der Waals surface area contributed by atoms with E-state index in [2.05, 4.69) is 9.17 Å². The van der Waals surface area contributed by atoms with Crippen molar-refractivity contribution in [1.29, 1.82) is 0 Å². The molecule has 0 bridgehead atoms. The highest BCUT2D eigenvalue weighted by Gasteiger charge is 2.48. The zero-order chi connectivity index (χ0) is 11.7. The van der Waals surface area contributed by atoms with Crippen LogP contribution in [0.15, 0.2) is 18.5 Å². The maximum atomic E-state index is 11.9. The van der Waals surface area contributed by atoms with E-state index in [1.165, 1.54) is 19.2 Å². The number of rotatable bonds is 2. The first-order chi connectivity index (χ1) is 6.74. The van der Waals surface area contributed by atoms with Crippen LogP contribution >= 0.6 is 0 Å². The van der Waals surface area contributed by atoms with Crippen LogP contribution in [0.5, 0.6) is 5.75 Å². The van der Waals surface area contributed by atoms with Crippen molar-refractivity contribution in [3.63, 3.8) is 0 Å². The molecule has 0 aliphatic heterocycles. The molecule has 1 aromatic heterocycles. The molecular weight excluding hydrogens is 235 g/mol. The molecule has 0 radical (unpaired) electrons. The van der Waals surface area contributed by atoms with E-state index in [1.54, 1.807) is 0 Å². The van der Waals surface area contributed by atoms with Crippen LogP contribution in [0.3, 0.4) is 0 Å². The van der Waals surface area contributed by atoms with E-state index in [4.69, 9.17) is 0 Å². The Kier molecular flexibility index (Phi) is 2.89. The Labute approximate surface area is 83.8 Å². The third-order valence-corrected chi connectivity index (χ3v) is 2.44. The summed E-state index contributed by atoms with van der Waals surface area (Å²) >= 11 is 0. The standard InChI is InChI=1S/C7H6F3NO3S/c1-5-2-3-11-4-6(5)14-15(12,13)7(8,9)10/h2-4H,1H3. The average Bonchev–Trinajstić information content (AvgIpc) is 2.06. The molecule has 15 heavy (non-hydrogen) atoms. The van der Waals surface area contributed by atoms with Gasteiger partial charge in [0, 0.05) is 6.20 Å². The van der Waals surface area contributed by atoms with Crippen molar-refractivity contribution in [2.75, 3.05) is 0 Å². The van der Waals surface area contributed by atoms with Crippen LogP contribution in [0.2, 0.25) is 0 Å². The lowest BCUT2D eigenvalue weighted by Gasteiger charge is -2.10. The predicted molar refractivity (Wildman–Crippen MR) is 44.6 cm³/mol. The molecule has 8 heteroatoms. The van der Waals surface area contributed by atoms with Crippen molar-refractivity contribution < 1.29 is 25.8 Å². The van der Waals surface area contributed by atoms with Crippen molar-refractivity contribution in [3.05, 3.63) is 24.0 Å². The second kappa shape index (κ2) is 3.69. The molecule has 4 nitrogen and oxygen atoms in total. The number of aryl methyl sites for hydroxylation is 1. The van der Waals surface area contributed by atoms with Gasteiger partial charge in [-0.15, -0.1) is 0 Å². The molecule has 84 valence electrons. The smallest absolute Gasteiger partial charge is 0.374 e. The van der Waals surface area contributed by atoms with Crippen LogP contribution in [0.25, 0.3) is 0 Å². The van der Waals surface area contributed by atoms with E-state index < -0.39 is 21.4 Å². The molecule has 0 aliphatic carbocycles. The lowest BCUT2D eigenvalue weighted by molar-refractivity contribution is -0.0500. The first-order valence-electron chi connectivity index (χ1n) is 3.65. The van der Waals surface area contributed by atoms with E-state index in [0.29, 0.717) is 0 Å². The van der Waals surface area contributed by atoms with Crippen LogP contribution < -0.4 is 4.18 Å². The van der Waals surface area contributed by atoms with Gasteiger partial charge in [-0.1, -0.05) is 0 Å². The third kappa shape index (κ3) is 2.58. The average molecular weight is 241 g/mol. The summed E-state index contributed by atoms with van der Waals surface area (Å²) in [4.78, 5) is 3.45. The third-order valence-electron chi connectivity index (χ3n) is 1.47. The van der Waals surface area contributed by atoms with Gasteiger partial charge in [-0.25, -0.2) is 0 Å². The Hall–Kier alpha value is -1.31. The molecule has 0 fully saturated rings. The van der Waals surface area contributed by atoms with E-state index in [0.717, 1.165) is 6.20 Å². The fourth-order valence-electron chi connectivity index (χ4n) is 0.702. The Morgan fingerprint density at radius 1 is 1.40 bits per heavy atom. The molecule has 0 spiro atoms. The summed E-state index contributed by atoms with van der Waals surface area (Å²) < 4.78 is 60.8. The van der Waals surface area contributed by atoms with Gasteiger partial charge in [0.25, 0.3) is 0 Å². The summed E-state index contributed by atoms with van der Waals surface area (Å²) in [5, 5.41) is 0. The summed E-state index contributed by atoms with van der Waals surface area (Å²) in [6.45, 7) is 1.41. The van der Waals surface area contributed by atoms with Gasteiger partial charge in [-0.05, 0) is 18.6 Å². The molecule has 0 amide bonds. The van der Waals surface area contributed by atoms with E-state index >= 15 is 0 Å². The fraction of sp³-hybridized carbons (Fsp3) is 0.286. The maximum absolute atomic E-state index is 11.9. The molecule has 0 saturated heterocycles. The van der Waals surface area contributed by atoms with Crippen LogP contribution in [-0.2, 0) is 10.1 Å². The number of nitrogens with zero attached hydrogens (tertiary/aromatic N) is 1. The Morgan fingerprint density at radius 3 is 2.47 bits per heavy atom. The van der Waals surface area contributed by atoms with Crippen LogP contribution in [0.4, 0.5) is 13.2 Å². The SMILES string of the molecule is Cc1ccncc1OS(=O)(=O)C(F)(F)F. The number of pyridine rings is 1. The molecular formula is C7H6F3NO3S. The maximum Gasteiger partial charge on any atom is 0.534 e. The molecule has 0 saturated carbocycles. The van der Waals surface area contributed by atoms with Crippen molar-refractivity contribution >= 4 is 10.1 Å². The van der Waals surface area contributed by atoms with E-state index in [1.807, 2.05) is 0 Å². The lowest BCUT2D eigenvalue weighted by Crippen LogP contribution is -2.28. The van der Waals surface area contributed by atoms with E-state index in [9.17, 15) is 21.6 Å². The van der Waals surface area contributed by atoms with Gasteiger partial charge in [0.1, 0.15) is 0 Å². The lowest BCUT2D eigenvalue weighted by atomic mass is 10.3. The fourth-order valence-corrected chi connectivity index (χ4v) is 1.21. The van der Waals surface area contributed by atoms with Crippen molar-refractivity contribution in [3.8, 4) is 5.75 Å². The van der Waals surface area contributed by atoms with Crippen LogP contribution in [0, 0.1) is 6.92 Å². The second-order valence-electron chi connectivity index (χ2n) is 2.62. The summed E-state index contributed by atoms with van der Waals surface area (Å²) in [5.41, 5.74) is -5.19. The highest BCUT2D eigenvalue weighted by molar-refractivity contribution is 7.88. The first-order valence-corrected chi connectivity index (χ1v) is 5.06. The molecule has 0 N–H and O–H groups in total. The Bertz CT molecular complexity index is 455.